The summed E-state index contributed by atoms with van der Waals surface area (Å²) in [6, 6.07) is 0.888. The van der Waals surface area contributed by atoms with Crippen LogP contribution in [0.25, 0.3) is 0 Å². The van der Waals surface area contributed by atoms with E-state index in [1.54, 1.807) is 0 Å². The van der Waals surface area contributed by atoms with Crippen molar-refractivity contribution in [2.24, 2.45) is 0 Å². The van der Waals surface area contributed by atoms with Crippen LogP contribution in [0.15, 0.2) is 30.7 Å². The third kappa shape index (κ3) is 3.15. The van der Waals surface area contributed by atoms with Crippen LogP contribution in [0, 0.1) is 22.7 Å². The van der Waals surface area contributed by atoms with Gasteiger partial charge in [-0.3, -0.25) is 0 Å². The van der Waals surface area contributed by atoms with Gasteiger partial charge in [-0.25, -0.2) is 9.67 Å². The Hall–Kier alpha value is -2.66. The highest BCUT2D eigenvalue weighted by Crippen LogP contribution is 2.30. The Kier molecular flexibility index (Phi) is 1.69. The molecule has 0 fully saturated rings. The molecule has 112 valence electrons. The number of nitriles is 2. The molecule has 0 saturated heterocycles. The highest BCUT2D eigenvalue weighted by molar-refractivity contribution is 5.42. The van der Waals surface area contributed by atoms with Crippen LogP contribution in [0.1, 0.15) is 59.3 Å². The number of nitrogens with zero attached hydrogens (tertiary/aromatic N) is 5. The van der Waals surface area contributed by atoms with E-state index in [0.29, 0.717) is 0 Å². The van der Waals surface area contributed by atoms with Crippen molar-refractivity contribution in [1.82, 2.24) is 14.8 Å². The summed E-state index contributed by atoms with van der Waals surface area (Å²) >= 11 is 0. The average molecular weight is 304 g/mol. The Morgan fingerprint density at radius 3 is 2.32 bits per heavy atom. The molecule has 2 aromatic rings. The fourth-order valence-corrected chi connectivity index (χ4v) is 1.61. The summed E-state index contributed by atoms with van der Waals surface area (Å²) in [7, 11) is 0. The highest BCUT2D eigenvalue weighted by atomic mass is 15.3. The predicted molar refractivity (Wildman–Crippen MR) is 82.8 cm³/mol. The molecule has 0 N–H and O–H groups in total. The van der Waals surface area contributed by atoms with Crippen molar-refractivity contribution in [3.63, 3.8) is 0 Å². The molecular weight excluding hydrogens is 274 g/mol. The maximum absolute atomic E-state index is 9.87. The van der Waals surface area contributed by atoms with Gasteiger partial charge in [0.05, 0.1) is 33.6 Å². The largest absolute Gasteiger partial charge is 0.249 e. The first-order valence-electron chi connectivity index (χ1n) is 11.7. The molecule has 1 aromatic carbocycles. The number of aromatic nitrogens is 3. The zero-order valence-corrected chi connectivity index (χ0v) is 11.9. The van der Waals surface area contributed by atoms with Crippen LogP contribution in [0.5, 0.6) is 0 Å². The van der Waals surface area contributed by atoms with E-state index in [2.05, 4.69) is 10.1 Å². The summed E-state index contributed by atoms with van der Waals surface area (Å²) in [6.45, 7) is -4.97. The average Bonchev–Trinajstić information content (AvgIpc) is 2.96. The van der Waals surface area contributed by atoms with Gasteiger partial charge in [0.1, 0.15) is 15.3 Å². The van der Waals surface area contributed by atoms with Gasteiger partial charge in [-0.2, -0.15) is 15.6 Å². The maximum Gasteiger partial charge on any atom is 0.137 e. The number of rotatable bonds is 4. The number of hydrogen-bond acceptors (Lipinski definition) is 4. The summed E-state index contributed by atoms with van der Waals surface area (Å²) in [5.41, 5.74) is -6.64. The molecular formula is C17H19N5. The third-order valence-corrected chi connectivity index (χ3v) is 2.94. The van der Waals surface area contributed by atoms with Gasteiger partial charge in [-0.15, -0.1) is 0 Å². The van der Waals surface area contributed by atoms with Gasteiger partial charge in [-0.05, 0) is 44.2 Å². The lowest BCUT2D eigenvalue weighted by Gasteiger charge is -2.23. The third-order valence-electron chi connectivity index (χ3n) is 2.94. The first kappa shape index (κ1) is 6.62. The molecule has 0 aliphatic heterocycles. The molecule has 0 unspecified atom stereocenters. The molecule has 0 spiro atoms. The van der Waals surface area contributed by atoms with E-state index in [1.807, 2.05) is 6.07 Å². The van der Waals surface area contributed by atoms with Crippen molar-refractivity contribution in [3.8, 4) is 12.1 Å². The standard InChI is InChI=1S/C17H19N5/c1-16(2,9-18)14-5-13(8-22-12-20-11-21-22)6-15(7-14)17(3,4)10-19/h5-7,11-12H,8H2,1-4H3/i1D3,2D3,5D,6D,7D,11D,12D. The van der Waals surface area contributed by atoms with E-state index in [-0.39, 0.29) is 11.1 Å². The topological polar surface area (TPSA) is 78.3 Å². The van der Waals surface area contributed by atoms with Gasteiger partial charge in [0.25, 0.3) is 0 Å². The van der Waals surface area contributed by atoms with Gasteiger partial charge in [0.15, 0.2) is 0 Å². The summed E-state index contributed by atoms with van der Waals surface area (Å²) in [4.78, 5) is 3.48. The van der Waals surface area contributed by atoms with Crippen molar-refractivity contribution in [3.05, 3.63) is 47.4 Å². The minimum atomic E-state index is -3.52. The molecule has 0 radical (unpaired) electrons. The minimum absolute atomic E-state index is 0.370. The van der Waals surface area contributed by atoms with Crippen molar-refractivity contribution in [2.45, 2.75) is 44.9 Å². The van der Waals surface area contributed by atoms with Crippen LogP contribution in [-0.4, -0.2) is 14.8 Å². The predicted octanol–water partition coefficient (Wildman–Crippen LogP) is 2.93. The fourth-order valence-electron chi connectivity index (χ4n) is 1.61. The molecule has 0 amide bonds. The van der Waals surface area contributed by atoms with E-state index in [9.17, 15) is 10.5 Å². The molecule has 0 aliphatic carbocycles. The van der Waals surface area contributed by atoms with Crippen LogP contribution in [0.4, 0.5) is 0 Å². The molecule has 22 heavy (non-hydrogen) atoms. The molecule has 0 bridgehead atoms. The second-order valence-electron chi connectivity index (χ2n) is 5.17. The molecule has 5 heteroatoms. The van der Waals surface area contributed by atoms with E-state index in [0.717, 1.165) is 4.68 Å². The van der Waals surface area contributed by atoms with E-state index < -0.39 is 67.4 Å². The van der Waals surface area contributed by atoms with Crippen molar-refractivity contribution < 1.29 is 15.1 Å². The number of hydrogen-bond donors (Lipinski definition) is 0. The Bertz CT molecular complexity index is 1160. The lowest BCUT2D eigenvalue weighted by molar-refractivity contribution is 0.646. The highest BCUT2D eigenvalue weighted by Gasteiger charge is 2.26. The Labute approximate surface area is 146 Å². The van der Waals surface area contributed by atoms with Crippen LogP contribution in [0.3, 0.4) is 0 Å². The molecule has 0 aliphatic rings. The summed E-state index contributed by atoms with van der Waals surface area (Å²) in [5, 5.41) is 23.1. The zero-order chi connectivity index (χ0) is 25.7. The van der Waals surface area contributed by atoms with Crippen molar-refractivity contribution in [1.29, 1.82) is 10.5 Å². The lowest BCUT2D eigenvalue weighted by Crippen LogP contribution is -2.20. The summed E-state index contributed by atoms with van der Waals surface area (Å²) in [5.74, 6) is 0. The molecule has 0 atom stereocenters. The molecule has 2 rings (SSSR count). The molecule has 5 nitrogen and oxygen atoms in total. The van der Waals surface area contributed by atoms with Crippen molar-refractivity contribution >= 4 is 0 Å². The van der Waals surface area contributed by atoms with Gasteiger partial charge in [0.2, 0.25) is 0 Å². The smallest absolute Gasteiger partial charge is 0.137 e. The van der Waals surface area contributed by atoms with Gasteiger partial charge >= 0.3 is 0 Å². The SMILES string of the molecule is [2H]c1nc([2H])n(Cc2c([2H])c(C(C)(C)C#N)c([2H])c(C(C#N)(C([2H])([2H])[2H])C([2H])([2H])[2H])c2[2H])n1. The van der Waals surface area contributed by atoms with Crippen LogP contribution in [0.2, 0.25) is 0 Å². The minimum Gasteiger partial charge on any atom is -0.249 e. The fraction of sp³-hybridized carbons (Fsp3) is 0.412. The second-order valence-corrected chi connectivity index (χ2v) is 5.17. The first-order valence-corrected chi connectivity index (χ1v) is 6.21. The molecule has 1 aromatic heterocycles. The Morgan fingerprint density at radius 1 is 1.18 bits per heavy atom. The van der Waals surface area contributed by atoms with Crippen molar-refractivity contribution in [2.75, 3.05) is 0 Å². The van der Waals surface area contributed by atoms with Crippen LogP contribution >= 0.6 is 0 Å². The zero-order valence-electron chi connectivity index (χ0n) is 22.9. The van der Waals surface area contributed by atoms with E-state index in [1.165, 1.54) is 19.9 Å². The quantitative estimate of drug-likeness (QED) is 0.870. The first-order chi connectivity index (χ1) is 14.9. The summed E-state index contributed by atoms with van der Waals surface area (Å²) < 4.78 is 89.0. The van der Waals surface area contributed by atoms with E-state index in [4.69, 9.17) is 15.1 Å². The summed E-state index contributed by atoms with van der Waals surface area (Å²) in [6.07, 6.45) is -1.06. The van der Waals surface area contributed by atoms with Gasteiger partial charge < -0.3 is 0 Å². The van der Waals surface area contributed by atoms with Crippen LogP contribution < -0.4 is 0 Å². The molecule has 0 saturated carbocycles. The van der Waals surface area contributed by atoms with E-state index >= 15 is 0 Å². The van der Waals surface area contributed by atoms with Gasteiger partial charge in [0, 0.05) is 8.22 Å². The second kappa shape index (κ2) is 5.61. The van der Waals surface area contributed by atoms with Gasteiger partial charge in [-0.1, -0.05) is 18.1 Å². The normalized spacial score (nSPS) is 20.1. The molecule has 1 heterocycles. The Balaban J connectivity index is 3.16. The monoisotopic (exact) mass is 304 g/mol. The Morgan fingerprint density at radius 2 is 1.82 bits per heavy atom. The number of benzene rings is 1. The van der Waals surface area contributed by atoms with Crippen LogP contribution in [-0.2, 0) is 17.4 Å². The lowest BCUT2D eigenvalue weighted by atomic mass is 9.79. The maximum atomic E-state index is 9.87.